The molecule has 0 bridgehead atoms. The minimum Gasteiger partial charge on any atom is -0.355 e. The number of carbonyl (C=O) groups excluding carboxylic acids is 2. The van der Waals surface area contributed by atoms with Gasteiger partial charge in [-0.15, -0.1) is 11.3 Å². The normalized spacial score (nSPS) is 23.5. The van der Waals surface area contributed by atoms with Gasteiger partial charge in [0.05, 0.1) is 5.92 Å². The number of hydrogen-bond donors (Lipinski definition) is 2. The van der Waals surface area contributed by atoms with E-state index in [1.807, 2.05) is 11.3 Å². The Labute approximate surface area is 135 Å². The minimum absolute atomic E-state index is 0.0531. The highest BCUT2D eigenvalue weighted by Gasteiger charge is 2.26. The van der Waals surface area contributed by atoms with Gasteiger partial charge in [-0.05, 0) is 36.8 Å². The van der Waals surface area contributed by atoms with E-state index < -0.39 is 0 Å². The highest BCUT2D eigenvalue weighted by atomic mass is 32.1. The van der Waals surface area contributed by atoms with Gasteiger partial charge < -0.3 is 10.6 Å². The summed E-state index contributed by atoms with van der Waals surface area (Å²) in [5.41, 5.74) is 1.43. The first kappa shape index (κ1) is 15.5. The average Bonchev–Trinajstić information content (AvgIpc) is 3.00. The third kappa shape index (κ3) is 3.50. The number of nitrogens with one attached hydrogen (secondary N) is 2. The van der Waals surface area contributed by atoms with E-state index in [2.05, 4.69) is 33.9 Å². The van der Waals surface area contributed by atoms with Crippen molar-refractivity contribution in [1.29, 1.82) is 0 Å². The SMILES string of the molecule is CC(CNC(=O)C1CCC(=O)NC1)N1CCc2sccc2C1. The van der Waals surface area contributed by atoms with Crippen molar-refractivity contribution < 1.29 is 9.59 Å². The van der Waals surface area contributed by atoms with Crippen LogP contribution in [0.2, 0.25) is 0 Å². The lowest BCUT2D eigenvalue weighted by Gasteiger charge is -2.33. The van der Waals surface area contributed by atoms with Crippen molar-refractivity contribution in [2.75, 3.05) is 19.6 Å². The number of piperidine rings is 1. The van der Waals surface area contributed by atoms with Crippen LogP contribution in [0.3, 0.4) is 0 Å². The van der Waals surface area contributed by atoms with E-state index >= 15 is 0 Å². The molecule has 1 aromatic rings. The summed E-state index contributed by atoms with van der Waals surface area (Å²) in [6, 6.07) is 2.54. The molecule has 2 unspecified atom stereocenters. The van der Waals surface area contributed by atoms with Crippen LogP contribution in [0.5, 0.6) is 0 Å². The lowest BCUT2D eigenvalue weighted by molar-refractivity contribution is -0.129. The van der Waals surface area contributed by atoms with E-state index in [-0.39, 0.29) is 17.7 Å². The maximum Gasteiger partial charge on any atom is 0.224 e. The summed E-state index contributed by atoms with van der Waals surface area (Å²) < 4.78 is 0. The third-order valence-electron chi connectivity index (χ3n) is 4.67. The molecule has 2 aliphatic rings. The first-order valence-electron chi connectivity index (χ1n) is 7.97. The Morgan fingerprint density at radius 3 is 3.18 bits per heavy atom. The van der Waals surface area contributed by atoms with Gasteiger partial charge >= 0.3 is 0 Å². The van der Waals surface area contributed by atoms with Crippen LogP contribution in [0.25, 0.3) is 0 Å². The van der Waals surface area contributed by atoms with Gasteiger partial charge in [-0.1, -0.05) is 0 Å². The first-order chi connectivity index (χ1) is 10.6. The van der Waals surface area contributed by atoms with Gasteiger partial charge in [0.1, 0.15) is 0 Å². The van der Waals surface area contributed by atoms with E-state index in [0.717, 1.165) is 19.5 Å². The van der Waals surface area contributed by atoms with Crippen LogP contribution in [0.4, 0.5) is 0 Å². The van der Waals surface area contributed by atoms with Gasteiger partial charge in [-0.25, -0.2) is 0 Å². The van der Waals surface area contributed by atoms with Gasteiger partial charge in [0.2, 0.25) is 11.8 Å². The lowest BCUT2D eigenvalue weighted by atomic mass is 9.98. The van der Waals surface area contributed by atoms with Crippen LogP contribution in [0, 0.1) is 5.92 Å². The second kappa shape index (κ2) is 6.79. The van der Waals surface area contributed by atoms with E-state index in [4.69, 9.17) is 0 Å². The molecule has 0 spiro atoms. The smallest absolute Gasteiger partial charge is 0.224 e. The van der Waals surface area contributed by atoms with Crippen LogP contribution in [-0.4, -0.2) is 42.4 Å². The number of rotatable bonds is 4. The molecule has 6 heteroatoms. The molecule has 0 radical (unpaired) electrons. The van der Waals surface area contributed by atoms with Crippen molar-refractivity contribution in [3.8, 4) is 0 Å². The molecule has 0 aromatic carbocycles. The van der Waals surface area contributed by atoms with Gasteiger partial charge in [-0.3, -0.25) is 14.5 Å². The van der Waals surface area contributed by atoms with E-state index in [1.54, 1.807) is 0 Å². The largest absolute Gasteiger partial charge is 0.355 e. The standard InChI is InChI=1S/C16H23N3O2S/c1-11(19-6-4-14-13(10-19)5-7-22-14)8-18-16(21)12-2-3-15(20)17-9-12/h5,7,11-12H,2-4,6,8-10H2,1H3,(H,17,20)(H,18,21). The Balaban J connectivity index is 1.45. The number of thiophene rings is 1. The summed E-state index contributed by atoms with van der Waals surface area (Å²) in [4.78, 5) is 27.2. The van der Waals surface area contributed by atoms with Crippen LogP contribution in [0.1, 0.15) is 30.2 Å². The van der Waals surface area contributed by atoms with Crippen molar-refractivity contribution in [2.24, 2.45) is 5.92 Å². The maximum absolute atomic E-state index is 12.2. The Bertz CT molecular complexity index is 547. The van der Waals surface area contributed by atoms with Crippen LogP contribution >= 0.6 is 11.3 Å². The molecular weight excluding hydrogens is 298 g/mol. The van der Waals surface area contributed by atoms with Crippen molar-refractivity contribution in [3.05, 3.63) is 21.9 Å². The predicted molar refractivity (Wildman–Crippen MR) is 86.6 cm³/mol. The van der Waals surface area contributed by atoms with E-state index in [1.165, 1.54) is 10.4 Å². The van der Waals surface area contributed by atoms with Crippen molar-refractivity contribution in [3.63, 3.8) is 0 Å². The van der Waals surface area contributed by atoms with Gasteiger partial charge in [0.25, 0.3) is 0 Å². The zero-order valence-electron chi connectivity index (χ0n) is 12.9. The fraction of sp³-hybridized carbons (Fsp3) is 0.625. The maximum atomic E-state index is 12.2. The summed E-state index contributed by atoms with van der Waals surface area (Å²) in [7, 11) is 0. The Kier molecular flexibility index (Phi) is 4.78. The average molecular weight is 321 g/mol. The molecule has 2 atom stereocenters. The summed E-state index contributed by atoms with van der Waals surface area (Å²) >= 11 is 1.85. The summed E-state index contributed by atoms with van der Waals surface area (Å²) in [6.45, 7) is 5.35. The van der Waals surface area contributed by atoms with Crippen molar-refractivity contribution in [2.45, 2.75) is 38.8 Å². The molecule has 3 rings (SSSR count). The Hall–Kier alpha value is -1.40. The Morgan fingerprint density at radius 2 is 2.41 bits per heavy atom. The molecule has 0 saturated carbocycles. The fourth-order valence-corrected chi connectivity index (χ4v) is 4.01. The van der Waals surface area contributed by atoms with Gasteiger partial charge in [0, 0.05) is 43.5 Å². The molecule has 1 fully saturated rings. The number of fused-ring (bicyclic) bond motifs is 1. The molecule has 22 heavy (non-hydrogen) atoms. The molecular formula is C16H23N3O2S. The number of amides is 2. The Morgan fingerprint density at radius 1 is 1.55 bits per heavy atom. The fourth-order valence-electron chi connectivity index (χ4n) is 3.12. The molecule has 1 saturated heterocycles. The van der Waals surface area contributed by atoms with E-state index in [9.17, 15) is 9.59 Å². The summed E-state index contributed by atoms with van der Waals surface area (Å²) in [6.07, 6.45) is 2.23. The van der Waals surface area contributed by atoms with Gasteiger partial charge in [-0.2, -0.15) is 0 Å². The highest BCUT2D eigenvalue weighted by molar-refractivity contribution is 7.10. The second-order valence-electron chi connectivity index (χ2n) is 6.22. The number of nitrogens with zero attached hydrogens (tertiary/aromatic N) is 1. The van der Waals surface area contributed by atoms with Crippen molar-refractivity contribution >= 4 is 23.2 Å². The molecule has 0 aliphatic carbocycles. The number of carbonyl (C=O) groups is 2. The molecule has 3 heterocycles. The van der Waals surface area contributed by atoms with E-state index in [0.29, 0.717) is 32.0 Å². The predicted octanol–water partition coefficient (Wildman–Crippen LogP) is 1.14. The van der Waals surface area contributed by atoms with Crippen LogP contribution in [0.15, 0.2) is 11.4 Å². The monoisotopic (exact) mass is 321 g/mol. The molecule has 5 nitrogen and oxygen atoms in total. The van der Waals surface area contributed by atoms with Gasteiger partial charge in [0.15, 0.2) is 0 Å². The molecule has 1 aromatic heterocycles. The van der Waals surface area contributed by atoms with Crippen molar-refractivity contribution in [1.82, 2.24) is 15.5 Å². The highest BCUT2D eigenvalue weighted by Crippen LogP contribution is 2.25. The minimum atomic E-state index is -0.0743. The third-order valence-corrected chi connectivity index (χ3v) is 5.69. The molecule has 2 aliphatic heterocycles. The zero-order valence-corrected chi connectivity index (χ0v) is 13.7. The quantitative estimate of drug-likeness (QED) is 0.874. The lowest BCUT2D eigenvalue weighted by Crippen LogP contribution is -2.48. The topological polar surface area (TPSA) is 61.4 Å². The van der Waals surface area contributed by atoms with Crippen LogP contribution < -0.4 is 10.6 Å². The molecule has 2 amide bonds. The molecule has 120 valence electrons. The second-order valence-corrected chi connectivity index (χ2v) is 7.22. The summed E-state index contributed by atoms with van der Waals surface area (Å²) in [5, 5.41) is 7.98. The summed E-state index contributed by atoms with van der Waals surface area (Å²) in [5.74, 6) is 0.0483. The number of hydrogen-bond acceptors (Lipinski definition) is 4. The van der Waals surface area contributed by atoms with Crippen LogP contribution in [-0.2, 0) is 22.6 Å². The molecule has 2 N–H and O–H groups in total. The zero-order chi connectivity index (χ0) is 15.5. The first-order valence-corrected chi connectivity index (χ1v) is 8.85.